The summed E-state index contributed by atoms with van der Waals surface area (Å²) >= 11 is 0. The van der Waals surface area contributed by atoms with Crippen molar-refractivity contribution in [1.29, 1.82) is 0 Å². The molecule has 3 N–H and O–H groups in total. The summed E-state index contributed by atoms with van der Waals surface area (Å²) in [6.07, 6.45) is 5.14. The first kappa shape index (κ1) is 16.2. The van der Waals surface area contributed by atoms with E-state index in [0.29, 0.717) is 32.4 Å². The van der Waals surface area contributed by atoms with Gasteiger partial charge in [0.1, 0.15) is 17.3 Å². The zero-order valence-electron chi connectivity index (χ0n) is 13.2. The molecule has 1 saturated carbocycles. The van der Waals surface area contributed by atoms with Crippen molar-refractivity contribution in [3.63, 3.8) is 0 Å². The van der Waals surface area contributed by atoms with Crippen LogP contribution in [-0.4, -0.2) is 30.6 Å². The molecule has 1 saturated heterocycles. The van der Waals surface area contributed by atoms with Gasteiger partial charge in [-0.15, -0.1) is 0 Å². The average molecular weight is 323 g/mol. The van der Waals surface area contributed by atoms with E-state index in [-0.39, 0.29) is 17.6 Å². The number of amides is 1. The second-order valence-electron chi connectivity index (χ2n) is 6.69. The maximum absolute atomic E-state index is 13.9. The third-order valence-corrected chi connectivity index (χ3v) is 4.98. The smallest absolute Gasteiger partial charge is 0.240 e. The highest BCUT2D eigenvalue weighted by Gasteiger charge is 2.37. The highest BCUT2D eigenvalue weighted by molar-refractivity contribution is 5.86. The summed E-state index contributed by atoms with van der Waals surface area (Å²) in [7, 11) is 0. The Morgan fingerprint density at radius 3 is 2.52 bits per heavy atom. The fourth-order valence-electron chi connectivity index (χ4n) is 3.61. The van der Waals surface area contributed by atoms with Gasteiger partial charge in [0.2, 0.25) is 5.91 Å². The standard InChI is InChI=1S/C17H23F2N3O/c18-13-5-4-6-14(19)15(13)22-10-7-12(11-22)21-16(23)17(20)8-2-1-3-9-17/h4-6,12H,1-3,7-11,20H2,(H,21,23). The summed E-state index contributed by atoms with van der Waals surface area (Å²) in [5.74, 6) is -1.27. The Morgan fingerprint density at radius 2 is 1.87 bits per heavy atom. The molecule has 2 fully saturated rings. The number of nitrogens with one attached hydrogen (secondary N) is 1. The molecular weight excluding hydrogens is 300 g/mol. The van der Waals surface area contributed by atoms with Crippen molar-refractivity contribution in [2.75, 3.05) is 18.0 Å². The molecule has 1 aromatic carbocycles. The molecule has 3 rings (SSSR count). The highest BCUT2D eigenvalue weighted by Crippen LogP contribution is 2.28. The predicted octanol–water partition coefficient (Wildman–Crippen LogP) is 2.32. The van der Waals surface area contributed by atoms with E-state index in [4.69, 9.17) is 5.73 Å². The van der Waals surface area contributed by atoms with Crippen LogP contribution in [0.2, 0.25) is 0 Å². The van der Waals surface area contributed by atoms with Crippen molar-refractivity contribution in [1.82, 2.24) is 5.32 Å². The molecule has 126 valence electrons. The number of rotatable bonds is 3. The number of carbonyl (C=O) groups is 1. The minimum atomic E-state index is -0.783. The van der Waals surface area contributed by atoms with Crippen LogP contribution in [0.25, 0.3) is 0 Å². The summed E-state index contributed by atoms with van der Waals surface area (Å²) < 4.78 is 27.7. The van der Waals surface area contributed by atoms with Gasteiger partial charge in [0.25, 0.3) is 0 Å². The molecule has 0 aromatic heterocycles. The Labute approximate surface area is 135 Å². The molecule has 0 bridgehead atoms. The molecule has 0 spiro atoms. The van der Waals surface area contributed by atoms with Gasteiger partial charge in [-0.2, -0.15) is 0 Å². The maximum atomic E-state index is 13.9. The molecule has 1 atom stereocenters. The van der Waals surface area contributed by atoms with Crippen LogP contribution in [0.1, 0.15) is 38.5 Å². The van der Waals surface area contributed by atoms with Crippen molar-refractivity contribution in [2.24, 2.45) is 5.73 Å². The van der Waals surface area contributed by atoms with Gasteiger partial charge in [-0.05, 0) is 31.4 Å². The Balaban J connectivity index is 1.63. The third-order valence-electron chi connectivity index (χ3n) is 4.98. The van der Waals surface area contributed by atoms with Crippen molar-refractivity contribution < 1.29 is 13.6 Å². The lowest BCUT2D eigenvalue weighted by Gasteiger charge is -2.33. The third kappa shape index (κ3) is 3.32. The van der Waals surface area contributed by atoms with Gasteiger partial charge in [0.15, 0.2) is 0 Å². The molecule has 1 heterocycles. The quantitative estimate of drug-likeness (QED) is 0.897. The van der Waals surface area contributed by atoms with Gasteiger partial charge in [-0.3, -0.25) is 4.79 Å². The number of halogens is 2. The minimum Gasteiger partial charge on any atom is -0.365 e. The number of hydrogen-bond acceptors (Lipinski definition) is 3. The van der Waals surface area contributed by atoms with Crippen LogP contribution in [0, 0.1) is 11.6 Å². The molecule has 1 aromatic rings. The largest absolute Gasteiger partial charge is 0.365 e. The second kappa shape index (κ2) is 6.43. The number of carbonyl (C=O) groups excluding carboxylic acids is 1. The van der Waals surface area contributed by atoms with Crippen LogP contribution in [0.15, 0.2) is 18.2 Å². The van der Waals surface area contributed by atoms with Gasteiger partial charge in [0, 0.05) is 19.1 Å². The van der Waals surface area contributed by atoms with E-state index in [1.54, 1.807) is 4.90 Å². The second-order valence-corrected chi connectivity index (χ2v) is 6.69. The van der Waals surface area contributed by atoms with Crippen molar-refractivity contribution in [3.05, 3.63) is 29.8 Å². The van der Waals surface area contributed by atoms with Crippen LogP contribution in [0.5, 0.6) is 0 Å². The molecule has 1 aliphatic carbocycles. The maximum Gasteiger partial charge on any atom is 0.240 e. The van der Waals surface area contributed by atoms with Crippen molar-refractivity contribution >= 4 is 11.6 Å². The molecular formula is C17H23F2N3O. The summed E-state index contributed by atoms with van der Waals surface area (Å²) in [6, 6.07) is 3.73. The lowest BCUT2D eigenvalue weighted by atomic mass is 9.82. The molecule has 0 radical (unpaired) electrons. The molecule has 2 aliphatic rings. The van der Waals surface area contributed by atoms with Gasteiger partial charge < -0.3 is 16.0 Å². The van der Waals surface area contributed by atoms with E-state index in [1.807, 2.05) is 0 Å². The van der Waals surface area contributed by atoms with E-state index >= 15 is 0 Å². The molecule has 23 heavy (non-hydrogen) atoms. The zero-order valence-corrected chi connectivity index (χ0v) is 13.2. The number of para-hydroxylation sites is 1. The van der Waals surface area contributed by atoms with Gasteiger partial charge in [-0.1, -0.05) is 25.3 Å². The SMILES string of the molecule is NC1(C(=O)NC2CCN(c3c(F)cccc3F)C2)CCCCC1. The lowest BCUT2D eigenvalue weighted by molar-refractivity contribution is -0.128. The number of anilines is 1. The fourth-order valence-corrected chi connectivity index (χ4v) is 3.61. The number of nitrogens with zero attached hydrogens (tertiary/aromatic N) is 1. The molecule has 4 nitrogen and oxygen atoms in total. The van der Waals surface area contributed by atoms with E-state index in [9.17, 15) is 13.6 Å². The first-order chi connectivity index (χ1) is 11.0. The predicted molar refractivity (Wildman–Crippen MR) is 85.1 cm³/mol. The van der Waals surface area contributed by atoms with E-state index < -0.39 is 17.2 Å². The molecule has 1 unspecified atom stereocenters. The number of nitrogens with two attached hydrogens (primary N) is 1. The van der Waals surface area contributed by atoms with Crippen LogP contribution >= 0.6 is 0 Å². The molecule has 6 heteroatoms. The van der Waals surface area contributed by atoms with Crippen molar-refractivity contribution in [2.45, 2.75) is 50.1 Å². The Kier molecular flexibility index (Phi) is 4.53. The highest BCUT2D eigenvalue weighted by atomic mass is 19.1. The first-order valence-corrected chi connectivity index (χ1v) is 8.28. The van der Waals surface area contributed by atoms with Crippen LogP contribution in [0.4, 0.5) is 14.5 Å². The van der Waals surface area contributed by atoms with E-state index in [1.165, 1.54) is 18.2 Å². The fraction of sp³-hybridized carbons (Fsp3) is 0.588. The van der Waals surface area contributed by atoms with Crippen LogP contribution in [-0.2, 0) is 4.79 Å². The zero-order chi connectivity index (χ0) is 16.4. The van der Waals surface area contributed by atoms with E-state index in [2.05, 4.69) is 5.32 Å². The summed E-state index contributed by atoms with van der Waals surface area (Å²) in [5.41, 5.74) is 5.44. The number of hydrogen-bond donors (Lipinski definition) is 2. The lowest BCUT2D eigenvalue weighted by Crippen LogP contribution is -2.57. The molecule has 1 aliphatic heterocycles. The number of benzene rings is 1. The summed E-state index contributed by atoms with van der Waals surface area (Å²) in [5, 5.41) is 2.98. The van der Waals surface area contributed by atoms with Gasteiger partial charge in [-0.25, -0.2) is 8.78 Å². The van der Waals surface area contributed by atoms with Gasteiger partial charge in [0.05, 0.1) is 5.54 Å². The van der Waals surface area contributed by atoms with Crippen molar-refractivity contribution in [3.8, 4) is 0 Å². The Bertz CT molecular complexity index is 567. The van der Waals surface area contributed by atoms with Crippen LogP contribution in [0.3, 0.4) is 0 Å². The minimum absolute atomic E-state index is 0.00984. The summed E-state index contributed by atoms with van der Waals surface area (Å²) in [4.78, 5) is 14.1. The van der Waals surface area contributed by atoms with Crippen LogP contribution < -0.4 is 16.0 Å². The Morgan fingerprint density at radius 1 is 1.22 bits per heavy atom. The Hall–Kier alpha value is -1.69. The normalized spacial score (nSPS) is 23.8. The average Bonchev–Trinajstić information content (AvgIpc) is 2.96. The summed E-state index contributed by atoms with van der Waals surface area (Å²) in [6.45, 7) is 0.917. The monoisotopic (exact) mass is 323 g/mol. The topological polar surface area (TPSA) is 58.4 Å². The van der Waals surface area contributed by atoms with E-state index in [0.717, 1.165) is 19.3 Å². The van der Waals surface area contributed by atoms with Gasteiger partial charge >= 0.3 is 0 Å². The first-order valence-electron chi connectivity index (χ1n) is 8.28. The molecule has 1 amide bonds.